The zero-order valence-corrected chi connectivity index (χ0v) is 8.01. The SMILES string of the molecule is CC1=CC=CC(S(C)(=O)=O)C=C1. The largest absolute Gasteiger partial charge is 0.228 e. The molecule has 3 heteroatoms. The van der Waals surface area contributed by atoms with Crippen molar-refractivity contribution in [1.82, 2.24) is 0 Å². The number of hydrogen-bond donors (Lipinski definition) is 0. The van der Waals surface area contributed by atoms with Crippen LogP contribution in [0.4, 0.5) is 0 Å². The minimum absolute atomic E-state index is 0.466. The highest BCUT2D eigenvalue weighted by Crippen LogP contribution is 2.09. The average molecular weight is 184 g/mol. The summed E-state index contributed by atoms with van der Waals surface area (Å²) < 4.78 is 22.2. The second kappa shape index (κ2) is 3.27. The van der Waals surface area contributed by atoms with Crippen LogP contribution in [-0.2, 0) is 9.84 Å². The van der Waals surface area contributed by atoms with E-state index in [9.17, 15) is 8.42 Å². The molecule has 0 aromatic heterocycles. The molecule has 0 aliphatic heterocycles. The molecular weight excluding hydrogens is 172 g/mol. The Morgan fingerprint density at radius 1 is 1.33 bits per heavy atom. The Morgan fingerprint density at radius 3 is 2.58 bits per heavy atom. The van der Waals surface area contributed by atoms with Crippen molar-refractivity contribution >= 4 is 9.84 Å². The van der Waals surface area contributed by atoms with Crippen molar-refractivity contribution in [2.24, 2.45) is 0 Å². The van der Waals surface area contributed by atoms with Gasteiger partial charge >= 0.3 is 0 Å². The lowest BCUT2D eigenvalue weighted by atomic mass is 10.3. The van der Waals surface area contributed by atoms with Crippen LogP contribution in [0.15, 0.2) is 36.0 Å². The molecule has 66 valence electrons. The molecule has 0 bridgehead atoms. The Labute approximate surface area is 73.2 Å². The Hall–Kier alpha value is -0.830. The quantitative estimate of drug-likeness (QED) is 0.618. The Balaban J connectivity index is 2.96. The molecule has 0 aromatic carbocycles. The van der Waals surface area contributed by atoms with Gasteiger partial charge in [-0.15, -0.1) is 0 Å². The normalized spacial score (nSPS) is 23.5. The molecule has 1 aliphatic rings. The second-order valence-electron chi connectivity index (χ2n) is 2.95. The van der Waals surface area contributed by atoms with Crippen molar-refractivity contribution in [1.29, 1.82) is 0 Å². The Kier molecular flexibility index (Phi) is 2.52. The van der Waals surface area contributed by atoms with Gasteiger partial charge in [-0.3, -0.25) is 0 Å². The fourth-order valence-corrected chi connectivity index (χ4v) is 1.71. The van der Waals surface area contributed by atoms with Crippen molar-refractivity contribution in [2.75, 3.05) is 6.26 Å². The first kappa shape index (κ1) is 9.26. The molecule has 12 heavy (non-hydrogen) atoms. The van der Waals surface area contributed by atoms with Gasteiger partial charge in [-0.25, -0.2) is 8.42 Å². The van der Waals surface area contributed by atoms with Crippen molar-refractivity contribution in [3.63, 3.8) is 0 Å². The molecular formula is C9H12O2S. The van der Waals surface area contributed by atoms with Crippen LogP contribution in [0.3, 0.4) is 0 Å². The summed E-state index contributed by atoms with van der Waals surface area (Å²) in [4.78, 5) is 0. The van der Waals surface area contributed by atoms with Crippen molar-refractivity contribution in [2.45, 2.75) is 12.2 Å². The molecule has 0 amide bonds. The summed E-state index contributed by atoms with van der Waals surface area (Å²) in [6, 6.07) is 0. The van der Waals surface area contributed by atoms with Gasteiger partial charge in [0.05, 0.1) is 5.25 Å². The molecule has 0 heterocycles. The lowest BCUT2D eigenvalue weighted by Gasteiger charge is -2.02. The van der Waals surface area contributed by atoms with Gasteiger partial charge in [-0.2, -0.15) is 0 Å². The maximum absolute atomic E-state index is 11.1. The highest BCUT2D eigenvalue weighted by atomic mass is 32.2. The van der Waals surface area contributed by atoms with E-state index in [1.807, 2.05) is 19.1 Å². The third-order valence-corrected chi connectivity index (χ3v) is 3.01. The van der Waals surface area contributed by atoms with Gasteiger partial charge in [0, 0.05) is 6.26 Å². The van der Waals surface area contributed by atoms with Crippen LogP contribution in [0.2, 0.25) is 0 Å². The predicted molar refractivity (Wildman–Crippen MR) is 50.7 cm³/mol. The molecule has 1 rings (SSSR count). The lowest BCUT2D eigenvalue weighted by Crippen LogP contribution is -2.13. The molecule has 1 unspecified atom stereocenters. The molecule has 2 nitrogen and oxygen atoms in total. The summed E-state index contributed by atoms with van der Waals surface area (Å²) in [5, 5.41) is -0.466. The number of sulfone groups is 1. The summed E-state index contributed by atoms with van der Waals surface area (Å²) in [6.07, 6.45) is 10.1. The van der Waals surface area contributed by atoms with Gasteiger partial charge in [0.1, 0.15) is 0 Å². The highest BCUT2D eigenvalue weighted by molar-refractivity contribution is 7.91. The monoisotopic (exact) mass is 184 g/mol. The van der Waals surface area contributed by atoms with Gasteiger partial charge in [0.25, 0.3) is 0 Å². The molecule has 0 N–H and O–H groups in total. The van der Waals surface area contributed by atoms with E-state index in [2.05, 4.69) is 0 Å². The molecule has 0 saturated carbocycles. The van der Waals surface area contributed by atoms with E-state index < -0.39 is 15.1 Å². The van der Waals surface area contributed by atoms with E-state index in [0.717, 1.165) is 5.57 Å². The van der Waals surface area contributed by atoms with E-state index in [1.54, 1.807) is 18.2 Å². The van der Waals surface area contributed by atoms with Gasteiger partial charge in [-0.1, -0.05) is 36.0 Å². The van der Waals surface area contributed by atoms with Crippen LogP contribution in [0.1, 0.15) is 6.92 Å². The summed E-state index contributed by atoms with van der Waals surface area (Å²) >= 11 is 0. The first-order chi connectivity index (χ1) is 5.50. The molecule has 0 fully saturated rings. The summed E-state index contributed by atoms with van der Waals surface area (Å²) in [7, 11) is -2.98. The maximum atomic E-state index is 11.1. The summed E-state index contributed by atoms with van der Waals surface area (Å²) in [5.41, 5.74) is 1.07. The molecule has 1 atom stereocenters. The van der Waals surface area contributed by atoms with Gasteiger partial charge < -0.3 is 0 Å². The van der Waals surface area contributed by atoms with Crippen molar-refractivity contribution < 1.29 is 8.42 Å². The van der Waals surface area contributed by atoms with E-state index in [4.69, 9.17) is 0 Å². The van der Waals surface area contributed by atoms with E-state index in [1.165, 1.54) is 6.26 Å². The summed E-state index contributed by atoms with van der Waals surface area (Å²) in [5.74, 6) is 0. The van der Waals surface area contributed by atoms with Crippen LogP contribution >= 0.6 is 0 Å². The topological polar surface area (TPSA) is 34.1 Å². The van der Waals surface area contributed by atoms with Gasteiger partial charge in [0.15, 0.2) is 9.84 Å². The first-order valence-electron chi connectivity index (χ1n) is 3.72. The molecule has 0 aromatic rings. The number of rotatable bonds is 1. The van der Waals surface area contributed by atoms with Gasteiger partial charge in [-0.05, 0) is 6.92 Å². The zero-order valence-electron chi connectivity index (χ0n) is 7.19. The molecule has 0 radical (unpaired) electrons. The zero-order chi connectivity index (χ0) is 9.19. The Morgan fingerprint density at radius 2 is 2.00 bits per heavy atom. The average Bonchev–Trinajstić information content (AvgIpc) is 2.11. The lowest BCUT2D eigenvalue weighted by molar-refractivity contribution is 0.600. The number of hydrogen-bond acceptors (Lipinski definition) is 2. The standard InChI is InChI=1S/C9H12O2S/c1-8-4-3-5-9(7-6-8)12(2,10)11/h3-7,9H,1-2H3. The maximum Gasteiger partial charge on any atom is 0.157 e. The third kappa shape index (κ3) is 2.34. The van der Waals surface area contributed by atoms with Crippen LogP contribution in [-0.4, -0.2) is 19.9 Å². The van der Waals surface area contributed by atoms with Crippen LogP contribution in [0.5, 0.6) is 0 Å². The van der Waals surface area contributed by atoms with Crippen molar-refractivity contribution in [3.05, 3.63) is 36.0 Å². The minimum Gasteiger partial charge on any atom is -0.228 e. The second-order valence-corrected chi connectivity index (χ2v) is 5.15. The van der Waals surface area contributed by atoms with Crippen LogP contribution in [0, 0.1) is 0 Å². The predicted octanol–water partition coefficient (Wildman–Crippen LogP) is 1.47. The van der Waals surface area contributed by atoms with Crippen molar-refractivity contribution in [3.8, 4) is 0 Å². The smallest absolute Gasteiger partial charge is 0.157 e. The fourth-order valence-electron chi connectivity index (χ4n) is 0.969. The summed E-state index contributed by atoms with van der Waals surface area (Å²) in [6.45, 7) is 1.94. The minimum atomic E-state index is -2.98. The fraction of sp³-hybridized carbons (Fsp3) is 0.333. The molecule has 1 aliphatic carbocycles. The van der Waals surface area contributed by atoms with Crippen LogP contribution < -0.4 is 0 Å². The highest BCUT2D eigenvalue weighted by Gasteiger charge is 2.13. The van der Waals surface area contributed by atoms with Crippen LogP contribution in [0.25, 0.3) is 0 Å². The van der Waals surface area contributed by atoms with E-state index in [-0.39, 0.29) is 0 Å². The van der Waals surface area contributed by atoms with E-state index in [0.29, 0.717) is 0 Å². The number of allylic oxidation sites excluding steroid dienone is 4. The Bertz CT molecular complexity index is 345. The first-order valence-corrected chi connectivity index (χ1v) is 5.68. The van der Waals surface area contributed by atoms with E-state index >= 15 is 0 Å². The molecule has 0 spiro atoms. The van der Waals surface area contributed by atoms with Gasteiger partial charge in [0.2, 0.25) is 0 Å². The molecule has 0 saturated heterocycles. The third-order valence-electron chi connectivity index (χ3n) is 1.70.